The highest BCUT2D eigenvalue weighted by Gasteiger charge is 2.09. The molecular weight excluding hydrogens is 200 g/mol. The standard InChI is InChI=1S/C10H16O5/c1-3-4-5-6-9(12)14-7-10(13)15-8(2)11/h3-7H2,1-2H3. The average molecular weight is 216 g/mol. The molecule has 0 aromatic rings. The summed E-state index contributed by atoms with van der Waals surface area (Å²) in [6.45, 7) is 2.64. The highest BCUT2D eigenvalue weighted by molar-refractivity contribution is 5.85. The van der Waals surface area contributed by atoms with Crippen LogP contribution in [0, 0.1) is 0 Å². The summed E-state index contributed by atoms with van der Waals surface area (Å²) < 4.78 is 8.76. The molecule has 0 heterocycles. The SMILES string of the molecule is CCCCCC(=O)OCC(=O)OC(C)=O. The van der Waals surface area contributed by atoms with Crippen LogP contribution in [0.2, 0.25) is 0 Å². The Morgan fingerprint density at radius 1 is 1.07 bits per heavy atom. The molecule has 0 fully saturated rings. The first-order valence-corrected chi connectivity index (χ1v) is 4.93. The van der Waals surface area contributed by atoms with E-state index in [4.69, 9.17) is 0 Å². The van der Waals surface area contributed by atoms with Gasteiger partial charge in [0.2, 0.25) is 0 Å². The summed E-state index contributed by atoms with van der Waals surface area (Å²) in [6.07, 6.45) is 3.00. The molecule has 0 aromatic carbocycles. The van der Waals surface area contributed by atoms with E-state index >= 15 is 0 Å². The maximum atomic E-state index is 11.0. The number of carbonyl (C=O) groups excluding carboxylic acids is 3. The predicted molar refractivity (Wildman–Crippen MR) is 51.9 cm³/mol. The van der Waals surface area contributed by atoms with Gasteiger partial charge in [-0.25, -0.2) is 4.79 Å². The van der Waals surface area contributed by atoms with E-state index in [1.165, 1.54) is 0 Å². The zero-order chi connectivity index (χ0) is 11.7. The molecule has 0 radical (unpaired) electrons. The molecule has 0 amide bonds. The van der Waals surface area contributed by atoms with Crippen LogP contribution < -0.4 is 0 Å². The van der Waals surface area contributed by atoms with E-state index < -0.39 is 24.5 Å². The highest BCUT2D eigenvalue weighted by atomic mass is 16.6. The fourth-order valence-electron chi connectivity index (χ4n) is 0.921. The van der Waals surface area contributed by atoms with Gasteiger partial charge in [-0.1, -0.05) is 19.8 Å². The fourth-order valence-corrected chi connectivity index (χ4v) is 0.921. The molecule has 15 heavy (non-hydrogen) atoms. The van der Waals surface area contributed by atoms with Crippen molar-refractivity contribution in [2.24, 2.45) is 0 Å². The monoisotopic (exact) mass is 216 g/mol. The van der Waals surface area contributed by atoms with Gasteiger partial charge in [-0.2, -0.15) is 0 Å². The van der Waals surface area contributed by atoms with E-state index in [0.29, 0.717) is 6.42 Å². The average Bonchev–Trinajstić information content (AvgIpc) is 2.14. The fraction of sp³-hybridized carbons (Fsp3) is 0.700. The minimum atomic E-state index is -0.841. The summed E-state index contributed by atoms with van der Waals surface area (Å²) in [5.74, 6) is -1.99. The van der Waals surface area contributed by atoms with Gasteiger partial charge in [0.25, 0.3) is 0 Å². The first-order chi connectivity index (χ1) is 7.06. The molecule has 0 atom stereocenters. The summed E-state index contributed by atoms with van der Waals surface area (Å²) in [5.41, 5.74) is 0. The molecule has 5 heteroatoms. The Labute approximate surface area is 88.7 Å². The lowest BCUT2D eigenvalue weighted by Gasteiger charge is -2.02. The number of esters is 3. The Kier molecular flexibility index (Phi) is 7.23. The van der Waals surface area contributed by atoms with Crippen LogP contribution in [0.4, 0.5) is 0 Å². The van der Waals surface area contributed by atoms with Crippen molar-refractivity contribution in [1.82, 2.24) is 0 Å². The molecule has 5 nitrogen and oxygen atoms in total. The number of rotatable bonds is 6. The Hall–Kier alpha value is -1.39. The number of hydrogen-bond acceptors (Lipinski definition) is 5. The zero-order valence-electron chi connectivity index (χ0n) is 9.08. The largest absolute Gasteiger partial charge is 0.454 e. The van der Waals surface area contributed by atoms with Crippen molar-refractivity contribution in [3.8, 4) is 0 Å². The maximum absolute atomic E-state index is 11.0. The topological polar surface area (TPSA) is 69.7 Å². The van der Waals surface area contributed by atoms with E-state index in [0.717, 1.165) is 26.2 Å². The van der Waals surface area contributed by atoms with E-state index in [-0.39, 0.29) is 0 Å². The van der Waals surface area contributed by atoms with E-state index in [1.54, 1.807) is 0 Å². The van der Waals surface area contributed by atoms with Crippen LogP contribution >= 0.6 is 0 Å². The smallest absolute Gasteiger partial charge is 0.351 e. The second-order valence-corrected chi connectivity index (χ2v) is 3.08. The molecule has 0 saturated carbocycles. The molecule has 0 rings (SSSR count). The molecule has 0 aliphatic carbocycles. The molecule has 0 saturated heterocycles. The van der Waals surface area contributed by atoms with E-state index in [1.807, 2.05) is 6.92 Å². The highest BCUT2D eigenvalue weighted by Crippen LogP contribution is 2.00. The number of hydrogen-bond donors (Lipinski definition) is 0. The van der Waals surface area contributed by atoms with Crippen molar-refractivity contribution in [2.45, 2.75) is 39.5 Å². The van der Waals surface area contributed by atoms with Crippen molar-refractivity contribution < 1.29 is 23.9 Å². The molecule has 86 valence electrons. The van der Waals surface area contributed by atoms with Gasteiger partial charge in [0.05, 0.1) is 0 Å². The summed E-state index contributed by atoms with van der Waals surface area (Å²) >= 11 is 0. The van der Waals surface area contributed by atoms with Crippen LogP contribution in [0.1, 0.15) is 39.5 Å². The predicted octanol–water partition coefficient (Wildman–Crippen LogP) is 1.20. The van der Waals surface area contributed by atoms with Gasteiger partial charge >= 0.3 is 17.9 Å². The van der Waals surface area contributed by atoms with Crippen LogP contribution in [-0.2, 0) is 23.9 Å². The van der Waals surface area contributed by atoms with Crippen LogP contribution in [0.3, 0.4) is 0 Å². The third kappa shape index (κ3) is 8.93. The Bertz CT molecular complexity index is 234. The van der Waals surface area contributed by atoms with Crippen LogP contribution in [0.15, 0.2) is 0 Å². The zero-order valence-corrected chi connectivity index (χ0v) is 9.08. The number of carbonyl (C=O) groups is 3. The molecular formula is C10H16O5. The van der Waals surface area contributed by atoms with Crippen LogP contribution in [-0.4, -0.2) is 24.5 Å². The second kappa shape index (κ2) is 7.96. The quantitative estimate of drug-likeness (QED) is 0.379. The van der Waals surface area contributed by atoms with Crippen molar-refractivity contribution in [1.29, 1.82) is 0 Å². The molecule has 0 bridgehead atoms. The first-order valence-electron chi connectivity index (χ1n) is 4.93. The summed E-state index contributed by atoms with van der Waals surface area (Å²) in [7, 11) is 0. The van der Waals surface area contributed by atoms with Gasteiger partial charge < -0.3 is 9.47 Å². The number of ether oxygens (including phenoxy) is 2. The van der Waals surface area contributed by atoms with Gasteiger partial charge in [-0.15, -0.1) is 0 Å². The lowest BCUT2D eigenvalue weighted by molar-refractivity contribution is -0.166. The minimum absolute atomic E-state index is 0.293. The molecule has 0 unspecified atom stereocenters. The van der Waals surface area contributed by atoms with Gasteiger partial charge in [0.1, 0.15) is 0 Å². The number of unbranched alkanes of at least 4 members (excludes halogenated alkanes) is 2. The van der Waals surface area contributed by atoms with Crippen molar-refractivity contribution in [3.63, 3.8) is 0 Å². The Morgan fingerprint density at radius 2 is 1.73 bits per heavy atom. The normalized spacial score (nSPS) is 9.47. The minimum Gasteiger partial charge on any atom is -0.454 e. The lowest BCUT2D eigenvalue weighted by Crippen LogP contribution is -2.18. The third-order valence-electron chi connectivity index (χ3n) is 1.59. The third-order valence-corrected chi connectivity index (χ3v) is 1.59. The van der Waals surface area contributed by atoms with Crippen molar-refractivity contribution in [2.75, 3.05) is 6.61 Å². The lowest BCUT2D eigenvalue weighted by atomic mass is 10.2. The Balaban J connectivity index is 3.53. The summed E-state index contributed by atoms with van der Waals surface area (Å²) in [6, 6.07) is 0. The maximum Gasteiger partial charge on any atom is 0.351 e. The van der Waals surface area contributed by atoms with Gasteiger partial charge in [-0.05, 0) is 6.42 Å². The van der Waals surface area contributed by atoms with Crippen LogP contribution in [0.5, 0.6) is 0 Å². The van der Waals surface area contributed by atoms with E-state index in [2.05, 4.69) is 9.47 Å². The molecule has 0 spiro atoms. The van der Waals surface area contributed by atoms with Crippen molar-refractivity contribution in [3.05, 3.63) is 0 Å². The summed E-state index contributed by atoms with van der Waals surface area (Å²) in [4.78, 5) is 32.1. The van der Waals surface area contributed by atoms with Gasteiger partial charge in [0, 0.05) is 13.3 Å². The van der Waals surface area contributed by atoms with Gasteiger partial charge in [0.15, 0.2) is 6.61 Å². The summed E-state index contributed by atoms with van der Waals surface area (Å²) in [5, 5.41) is 0. The molecule has 0 aromatic heterocycles. The molecule has 0 N–H and O–H groups in total. The van der Waals surface area contributed by atoms with Gasteiger partial charge in [-0.3, -0.25) is 9.59 Å². The molecule has 0 aliphatic heterocycles. The second-order valence-electron chi connectivity index (χ2n) is 3.08. The first kappa shape index (κ1) is 13.6. The molecule has 0 aliphatic rings. The Morgan fingerprint density at radius 3 is 2.27 bits per heavy atom. The van der Waals surface area contributed by atoms with Crippen molar-refractivity contribution >= 4 is 17.9 Å². The van der Waals surface area contributed by atoms with Crippen LogP contribution in [0.25, 0.3) is 0 Å². The van der Waals surface area contributed by atoms with E-state index in [9.17, 15) is 14.4 Å².